The van der Waals surface area contributed by atoms with Crippen molar-refractivity contribution in [2.45, 2.75) is 31.5 Å². The second kappa shape index (κ2) is 8.67. The first kappa shape index (κ1) is 20.1. The highest BCUT2D eigenvalue weighted by Gasteiger charge is 2.20. The predicted molar refractivity (Wildman–Crippen MR) is 119 cm³/mol. The van der Waals surface area contributed by atoms with E-state index >= 15 is 0 Å². The van der Waals surface area contributed by atoms with E-state index in [1.165, 1.54) is 11.8 Å². The Kier molecular flexibility index (Phi) is 5.81. The molecule has 0 spiro atoms. The number of aromatic nitrogens is 4. The molecular formula is C23H23N5OS. The molecule has 2 aromatic heterocycles. The number of nitrogens with one attached hydrogen (secondary N) is 1. The number of nitrogens with zero attached hydrogens (tertiary/aromatic N) is 4. The molecule has 0 aliphatic carbocycles. The molecule has 0 saturated heterocycles. The van der Waals surface area contributed by atoms with Crippen molar-refractivity contribution in [3.63, 3.8) is 0 Å². The third-order valence-corrected chi connectivity index (χ3v) is 5.66. The fraction of sp³-hybridized carbons (Fsp3) is 0.217. The summed E-state index contributed by atoms with van der Waals surface area (Å²) in [6.45, 7) is 3.86. The van der Waals surface area contributed by atoms with Crippen LogP contribution >= 0.6 is 11.8 Å². The van der Waals surface area contributed by atoms with Crippen molar-refractivity contribution in [2.75, 3.05) is 6.26 Å². The summed E-state index contributed by atoms with van der Waals surface area (Å²) in [5, 5.41) is 8.34. The summed E-state index contributed by atoms with van der Waals surface area (Å²) in [7, 11) is 0. The molecule has 0 fully saturated rings. The van der Waals surface area contributed by atoms with Gasteiger partial charge in [-0.25, -0.2) is 9.50 Å². The monoisotopic (exact) mass is 417 g/mol. The number of hydrogen-bond donors (Lipinski definition) is 1. The molecule has 2 aromatic carbocycles. The maximum atomic E-state index is 13.1. The minimum absolute atomic E-state index is 0.0646. The Morgan fingerprint density at radius 3 is 2.17 bits per heavy atom. The molecule has 2 heterocycles. The number of benzene rings is 2. The lowest BCUT2D eigenvalue weighted by atomic mass is 9.98. The van der Waals surface area contributed by atoms with E-state index in [1.807, 2.05) is 80.8 Å². The van der Waals surface area contributed by atoms with Crippen LogP contribution in [0.4, 0.5) is 0 Å². The van der Waals surface area contributed by atoms with E-state index in [9.17, 15) is 4.79 Å². The van der Waals surface area contributed by atoms with Gasteiger partial charge < -0.3 is 5.32 Å². The number of rotatable bonds is 6. The molecule has 0 saturated carbocycles. The zero-order chi connectivity index (χ0) is 21.1. The van der Waals surface area contributed by atoms with Gasteiger partial charge in [0.15, 0.2) is 0 Å². The van der Waals surface area contributed by atoms with Crippen molar-refractivity contribution in [1.82, 2.24) is 24.9 Å². The van der Waals surface area contributed by atoms with E-state index in [1.54, 1.807) is 4.52 Å². The van der Waals surface area contributed by atoms with Crippen LogP contribution in [0.25, 0.3) is 5.78 Å². The maximum Gasteiger partial charge on any atom is 0.253 e. The van der Waals surface area contributed by atoms with Crippen LogP contribution < -0.4 is 5.32 Å². The van der Waals surface area contributed by atoms with Crippen molar-refractivity contribution < 1.29 is 4.79 Å². The Hall–Kier alpha value is -3.19. The van der Waals surface area contributed by atoms with Crippen LogP contribution in [0.1, 0.15) is 34.1 Å². The number of thioether (sulfide) groups is 1. The van der Waals surface area contributed by atoms with Crippen LogP contribution in [0.15, 0.2) is 65.8 Å². The van der Waals surface area contributed by atoms with Crippen LogP contribution in [-0.4, -0.2) is 31.7 Å². The smallest absolute Gasteiger partial charge is 0.253 e. The number of carbonyl (C=O) groups excluding carboxylic acids is 1. The number of amides is 1. The molecule has 0 aliphatic rings. The van der Waals surface area contributed by atoms with E-state index in [0.717, 1.165) is 28.1 Å². The third kappa shape index (κ3) is 4.07. The average Bonchev–Trinajstić information content (AvgIpc) is 3.19. The van der Waals surface area contributed by atoms with Crippen LogP contribution in [-0.2, 0) is 11.2 Å². The first-order chi connectivity index (χ1) is 14.6. The molecule has 0 bridgehead atoms. The molecule has 4 rings (SSSR count). The predicted octanol–water partition coefficient (Wildman–Crippen LogP) is 3.91. The zero-order valence-corrected chi connectivity index (χ0v) is 18.0. The molecule has 7 heteroatoms. The van der Waals surface area contributed by atoms with E-state index in [2.05, 4.69) is 20.4 Å². The Morgan fingerprint density at radius 1 is 1.00 bits per heavy atom. The van der Waals surface area contributed by atoms with Crippen LogP contribution in [0.3, 0.4) is 0 Å². The van der Waals surface area contributed by atoms with Crippen LogP contribution in [0.5, 0.6) is 0 Å². The van der Waals surface area contributed by atoms with Gasteiger partial charge in [0.1, 0.15) is 0 Å². The van der Waals surface area contributed by atoms with Gasteiger partial charge in [0, 0.05) is 17.0 Å². The SMILES string of the molecule is CSc1nc2nc(C)c(CC(=O)NC(c3ccccc3)c3ccccc3)c(C)n2n1. The van der Waals surface area contributed by atoms with Gasteiger partial charge in [-0.15, -0.1) is 5.10 Å². The highest BCUT2D eigenvalue weighted by molar-refractivity contribution is 7.98. The van der Waals surface area contributed by atoms with Gasteiger partial charge >= 0.3 is 0 Å². The molecule has 4 aromatic rings. The van der Waals surface area contributed by atoms with Crippen molar-refractivity contribution in [3.8, 4) is 0 Å². The lowest BCUT2D eigenvalue weighted by Crippen LogP contribution is -2.31. The number of aryl methyl sites for hydroxylation is 2. The van der Waals surface area contributed by atoms with Gasteiger partial charge in [-0.3, -0.25) is 4.79 Å². The molecule has 152 valence electrons. The van der Waals surface area contributed by atoms with E-state index in [-0.39, 0.29) is 18.4 Å². The highest BCUT2D eigenvalue weighted by Crippen LogP contribution is 2.23. The van der Waals surface area contributed by atoms with Gasteiger partial charge in [-0.05, 0) is 31.2 Å². The Labute approximate surface area is 179 Å². The summed E-state index contributed by atoms with van der Waals surface area (Å²) >= 11 is 1.47. The normalized spacial score (nSPS) is 11.2. The molecule has 0 aliphatic heterocycles. The minimum atomic E-state index is -0.216. The Balaban J connectivity index is 1.63. The van der Waals surface area contributed by atoms with Crippen molar-refractivity contribution in [1.29, 1.82) is 0 Å². The van der Waals surface area contributed by atoms with Gasteiger partial charge in [0.2, 0.25) is 11.1 Å². The van der Waals surface area contributed by atoms with Crippen molar-refractivity contribution in [3.05, 3.63) is 88.7 Å². The Morgan fingerprint density at radius 2 is 1.60 bits per heavy atom. The fourth-order valence-electron chi connectivity index (χ4n) is 3.55. The highest BCUT2D eigenvalue weighted by atomic mass is 32.2. The standard InChI is InChI=1S/C23H23N5OS/c1-15-19(16(2)28-22(24-15)26-23(27-28)30-3)14-20(29)25-21(17-10-6-4-7-11-17)18-12-8-5-9-13-18/h4-13,21H,14H2,1-3H3,(H,25,29). The molecular weight excluding hydrogens is 394 g/mol. The third-order valence-electron chi connectivity index (χ3n) is 5.12. The second-order valence-electron chi connectivity index (χ2n) is 7.07. The summed E-state index contributed by atoms with van der Waals surface area (Å²) in [6, 6.07) is 19.8. The first-order valence-electron chi connectivity index (χ1n) is 9.73. The van der Waals surface area contributed by atoms with E-state index in [0.29, 0.717) is 10.9 Å². The van der Waals surface area contributed by atoms with E-state index < -0.39 is 0 Å². The van der Waals surface area contributed by atoms with Crippen molar-refractivity contribution >= 4 is 23.4 Å². The lowest BCUT2D eigenvalue weighted by Gasteiger charge is -2.20. The zero-order valence-electron chi connectivity index (χ0n) is 17.2. The fourth-order valence-corrected chi connectivity index (χ4v) is 3.89. The van der Waals surface area contributed by atoms with Gasteiger partial charge in [0.25, 0.3) is 5.78 Å². The Bertz CT molecular complexity index is 1140. The topological polar surface area (TPSA) is 72.2 Å². The molecule has 30 heavy (non-hydrogen) atoms. The number of hydrogen-bond acceptors (Lipinski definition) is 5. The molecule has 1 amide bonds. The molecule has 0 unspecified atom stereocenters. The number of carbonyl (C=O) groups is 1. The maximum absolute atomic E-state index is 13.1. The molecule has 6 nitrogen and oxygen atoms in total. The summed E-state index contributed by atoms with van der Waals surface area (Å²) < 4.78 is 1.72. The largest absolute Gasteiger partial charge is 0.345 e. The summed E-state index contributed by atoms with van der Waals surface area (Å²) in [4.78, 5) is 22.0. The minimum Gasteiger partial charge on any atom is -0.345 e. The average molecular weight is 418 g/mol. The molecule has 1 N–H and O–H groups in total. The summed E-state index contributed by atoms with van der Waals surface area (Å²) in [6.07, 6.45) is 2.16. The lowest BCUT2D eigenvalue weighted by molar-refractivity contribution is -0.121. The van der Waals surface area contributed by atoms with Crippen LogP contribution in [0.2, 0.25) is 0 Å². The van der Waals surface area contributed by atoms with Gasteiger partial charge in [-0.2, -0.15) is 4.98 Å². The molecule has 0 atom stereocenters. The van der Waals surface area contributed by atoms with Crippen LogP contribution in [0, 0.1) is 13.8 Å². The quantitative estimate of drug-likeness (QED) is 0.482. The van der Waals surface area contributed by atoms with Gasteiger partial charge in [0.05, 0.1) is 12.5 Å². The molecule has 0 radical (unpaired) electrons. The number of fused-ring (bicyclic) bond motifs is 1. The van der Waals surface area contributed by atoms with E-state index in [4.69, 9.17) is 0 Å². The van der Waals surface area contributed by atoms with Gasteiger partial charge in [-0.1, -0.05) is 72.4 Å². The summed E-state index contributed by atoms with van der Waals surface area (Å²) in [5.74, 6) is 0.496. The first-order valence-corrected chi connectivity index (χ1v) is 11.0. The second-order valence-corrected chi connectivity index (χ2v) is 7.84. The van der Waals surface area contributed by atoms with Crippen molar-refractivity contribution in [2.24, 2.45) is 0 Å². The summed E-state index contributed by atoms with van der Waals surface area (Å²) in [5.41, 5.74) is 4.64.